The van der Waals surface area contributed by atoms with Crippen molar-refractivity contribution in [2.24, 2.45) is 0 Å². The van der Waals surface area contributed by atoms with Crippen LogP contribution in [-0.2, 0) is 6.54 Å². The third-order valence-corrected chi connectivity index (χ3v) is 2.81. The van der Waals surface area contributed by atoms with Crippen LogP contribution in [0.25, 0.3) is 0 Å². The van der Waals surface area contributed by atoms with Crippen molar-refractivity contribution in [3.05, 3.63) is 17.7 Å². The molecule has 0 aliphatic rings. The number of nitrogens with one attached hydrogen (secondary N) is 1. The average molecular weight is 229 g/mol. The van der Waals surface area contributed by atoms with Crippen LogP contribution in [0.4, 0.5) is 0 Å². The summed E-state index contributed by atoms with van der Waals surface area (Å²) in [7, 11) is 3.23. The van der Waals surface area contributed by atoms with Crippen molar-refractivity contribution in [3.63, 3.8) is 0 Å². The van der Waals surface area contributed by atoms with Gasteiger partial charge in [0.25, 0.3) is 0 Å². The van der Waals surface area contributed by atoms with Crippen molar-refractivity contribution in [1.82, 2.24) is 5.48 Å². The van der Waals surface area contributed by atoms with E-state index in [2.05, 4.69) is 5.48 Å². The number of benzene rings is 1. The number of rotatable bonds is 5. The number of hydroxylamine groups is 1. The third kappa shape index (κ3) is 2.77. The Bertz CT molecular complexity index is 331. The number of hydrogen-bond acceptors (Lipinski definition) is 5. The predicted octanol–water partition coefficient (Wildman–Crippen LogP) is 1.90. The van der Waals surface area contributed by atoms with Gasteiger partial charge >= 0.3 is 0 Å². The standard InChI is InChI=1S/C10H15NO3S/c1-13-8-5-10(15-3)9(14-2)4-7(8)6-11-12/h4-5,11-12H,6H2,1-3H3. The Balaban J connectivity index is 3.15. The summed E-state index contributed by atoms with van der Waals surface area (Å²) >= 11 is 1.59. The van der Waals surface area contributed by atoms with Gasteiger partial charge in [-0.25, -0.2) is 5.48 Å². The second-order valence-electron chi connectivity index (χ2n) is 2.85. The summed E-state index contributed by atoms with van der Waals surface area (Å²) in [6.45, 7) is 0.328. The molecule has 0 aliphatic heterocycles. The Morgan fingerprint density at radius 3 is 2.40 bits per heavy atom. The van der Waals surface area contributed by atoms with Crippen LogP contribution in [0.3, 0.4) is 0 Å². The van der Waals surface area contributed by atoms with Crippen LogP contribution in [0, 0.1) is 0 Å². The predicted molar refractivity (Wildman–Crippen MR) is 60.0 cm³/mol. The summed E-state index contributed by atoms with van der Waals surface area (Å²) in [5.74, 6) is 1.52. The molecule has 1 rings (SSSR count). The minimum Gasteiger partial charge on any atom is -0.496 e. The summed E-state index contributed by atoms with van der Waals surface area (Å²) in [5.41, 5.74) is 2.96. The molecule has 4 nitrogen and oxygen atoms in total. The molecule has 0 saturated carbocycles. The van der Waals surface area contributed by atoms with Crippen LogP contribution >= 0.6 is 11.8 Å². The zero-order valence-corrected chi connectivity index (χ0v) is 9.85. The Hall–Kier alpha value is -0.910. The molecule has 0 radical (unpaired) electrons. The van der Waals surface area contributed by atoms with Gasteiger partial charge in [0.1, 0.15) is 11.5 Å². The fourth-order valence-electron chi connectivity index (χ4n) is 1.32. The average Bonchev–Trinajstić information content (AvgIpc) is 2.28. The lowest BCUT2D eigenvalue weighted by Crippen LogP contribution is -2.08. The molecule has 0 aliphatic carbocycles. The Kier molecular flexibility index (Phi) is 4.74. The van der Waals surface area contributed by atoms with Gasteiger partial charge in [-0.2, -0.15) is 0 Å². The van der Waals surface area contributed by atoms with Gasteiger partial charge in [-0.05, 0) is 18.4 Å². The van der Waals surface area contributed by atoms with Crippen LogP contribution in [0.1, 0.15) is 5.56 Å². The molecule has 84 valence electrons. The molecule has 0 heterocycles. The molecule has 0 aromatic heterocycles. The first-order chi connectivity index (χ1) is 7.26. The molecule has 2 N–H and O–H groups in total. The summed E-state index contributed by atoms with van der Waals surface area (Å²) in [6, 6.07) is 3.75. The topological polar surface area (TPSA) is 50.7 Å². The molecule has 15 heavy (non-hydrogen) atoms. The molecular formula is C10H15NO3S. The summed E-state index contributed by atoms with van der Waals surface area (Å²) in [6.07, 6.45) is 1.97. The SMILES string of the molecule is COc1cc(SC)c(OC)cc1CNO. The van der Waals surface area contributed by atoms with Gasteiger partial charge in [-0.3, -0.25) is 0 Å². The molecular weight excluding hydrogens is 214 g/mol. The lowest BCUT2D eigenvalue weighted by atomic mass is 10.2. The van der Waals surface area contributed by atoms with E-state index in [0.29, 0.717) is 6.54 Å². The van der Waals surface area contributed by atoms with Crippen molar-refractivity contribution in [2.45, 2.75) is 11.4 Å². The lowest BCUT2D eigenvalue weighted by molar-refractivity contribution is 0.160. The van der Waals surface area contributed by atoms with Gasteiger partial charge in [0.05, 0.1) is 19.1 Å². The fraction of sp³-hybridized carbons (Fsp3) is 0.400. The highest BCUT2D eigenvalue weighted by Gasteiger charge is 2.09. The zero-order chi connectivity index (χ0) is 11.3. The molecule has 5 heteroatoms. The number of methoxy groups -OCH3 is 2. The second-order valence-corrected chi connectivity index (χ2v) is 3.70. The molecule has 0 amide bonds. The fourth-order valence-corrected chi connectivity index (χ4v) is 1.88. The maximum atomic E-state index is 8.68. The number of ether oxygens (including phenoxy) is 2. The highest BCUT2D eigenvalue weighted by atomic mass is 32.2. The van der Waals surface area contributed by atoms with Crippen LogP contribution in [-0.4, -0.2) is 25.7 Å². The summed E-state index contributed by atoms with van der Waals surface area (Å²) < 4.78 is 10.5. The first-order valence-corrected chi connectivity index (χ1v) is 5.65. The van der Waals surface area contributed by atoms with Crippen molar-refractivity contribution < 1.29 is 14.7 Å². The maximum Gasteiger partial charge on any atom is 0.133 e. The van der Waals surface area contributed by atoms with Crippen LogP contribution in [0.5, 0.6) is 11.5 Å². The molecule has 1 aromatic carbocycles. The molecule has 0 spiro atoms. The second kappa shape index (κ2) is 5.85. The highest BCUT2D eigenvalue weighted by Crippen LogP contribution is 2.34. The monoisotopic (exact) mass is 229 g/mol. The minimum atomic E-state index is 0.328. The van der Waals surface area contributed by atoms with Crippen LogP contribution in [0.2, 0.25) is 0 Å². The molecule has 0 unspecified atom stereocenters. The lowest BCUT2D eigenvalue weighted by Gasteiger charge is -2.13. The van der Waals surface area contributed by atoms with E-state index in [1.54, 1.807) is 26.0 Å². The van der Waals surface area contributed by atoms with Gasteiger partial charge in [-0.15, -0.1) is 11.8 Å². The van der Waals surface area contributed by atoms with Crippen molar-refractivity contribution >= 4 is 11.8 Å². The largest absolute Gasteiger partial charge is 0.496 e. The molecule has 0 fully saturated rings. The van der Waals surface area contributed by atoms with E-state index in [0.717, 1.165) is 22.0 Å². The van der Waals surface area contributed by atoms with E-state index >= 15 is 0 Å². The molecule has 0 atom stereocenters. The van der Waals surface area contributed by atoms with Crippen molar-refractivity contribution in [1.29, 1.82) is 0 Å². The first-order valence-electron chi connectivity index (χ1n) is 4.42. The van der Waals surface area contributed by atoms with Crippen molar-refractivity contribution in [3.8, 4) is 11.5 Å². The Labute approximate surface area is 93.5 Å². The summed E-state index contributed by atoms with van der Waals surface area (Å²) in [4.78, 5) is 1.01. The Morgan fingerprint density at radius 2 is 1.93 bits per heavy atom. The normalized spacial score (nSPS) is 10.1. The Morgan fingerprint density at radius 1 is 1.27 bits per heavy atom. The molecule has 1 aromatic rings. The van der Waals surface area contributed by atoms with Gasteiger partial charge in [0.2, 0.25) is 0 Å². The van der Waals surface area contributed by atoms with Crippen LogP contribution in [0.15, 0.2) is 17.0 Å². The van der Waals surface area contributed by atoms with E-state index < -0.39 is 0 Å². The first kappa shape index (κ1) is 12.2. The molecule has 0 bridgehead atoms. The third-order valence-electron chi connectivity index (χ3n) is 2.06. The van der Waals surface area contributed by atoms with Crippen LogP contribution < -0.4 is 15.0 Å². The van der Waals surface area contributed by atoms with Gasteiger partial charge < -0.3 is 14.7 Å². The van der Waals surface area contributed by atoms with E-state index in [4.69, 9.17) is 14.7 Å². The quantitative estimate of drug-likeness (QED) is 0.596. The van der Waals surface area contributed by atoms with Gasteiger partial charge in [-0.1, -0.05) is 0 Å². The van der Waals surface area contributed by atoms with E-state index in [1.165, 1.54) is 0 Å². The molecule has 0 saturated heterocycles. The van der Waals surface area contributed by atoms with Crippen molar-refractivity contribution in [2.75, 3.05) is 20.5 Å². The number of thioether (sulfide) groups is 1. The van der Waals surface area contributed by atoms with Gasteiger partial charge in [0, 0.05) is 12.1 Å². The van der Waals surface area contributed by atoms with E-state index in [-0.39, 0.29) is 0 Å². The summed E-state index contributed by atoms with van der Waals surface area (Å²) in [5, 5.41) is 8.68. The maximum absolute atomic E-state index is 8.68. The number of hydrogen-bond donors (Lipinski definition) is 2. The minimum absolute atomic E-state index is 0.328. The van der Waals surface area contributed by atoms with Gasteiger partial charge in [0.15, 0.2) is 0 Å². The highest BCUT2D eigenvalue weighted by molar-refractivity contribution is 7.98. The van der Waals surface area contributed by atoms with E-state index in [9.17, 15) is 0 Å². The zero-order valence-electron chi connectivity index (χ0n) is 9.03. The smallest absolute Gasteiger partial charge is 0.133 e. The van der Waals surface area contributed by atoms with E-state index in [1.807, 2.05) is 18.4 Å².